The summed E-state index contributed by atoms with van der Waals surface area (Å²) in [5.74, 6) is -0.801. The third-order valence-electron chi connectivity index (χ3n) is 3.77. The number of amides is 1. The van der Waals surface area contributed by atoms with Gasteiger partial charge in [0.2, 0.25) is 0 Å². The predicted octanol–water partition coefficient (Wildman–Crippen LogP) is 3.77. The van der Waals surface area contributed by atoms with Crippen LogP contribution >= 0.6 is 22.9 Å². The molecule has 0 unspecified atom stereocenters. The van der Waals surface area contributed by atoms with Crippen molar-refractivity contribution < 1.29 is 14.3 Å². The molecular formula is C16H16ClNO3S. The van der Waals surface area contributed by atoms with E-state index in [1.807, 2.05) is 24.3 Å². The zero-order valence-electron chi connectivity index (χ0n) is 11.9. The highest BCUT2D eigenvalue weighted by molar-refractivity contribution is 7.21. The zero-order valence-corrected chi connectivity index (χ0v) is 13.5. The lowest BCUT2D eigenvalue weighted by molar-refractivity contribution is -0.124. The first kappa shape index (κ1) is 15.3. The number of rotatable bonds is 4. The first-order chi connectivity index (χ1) is 10.6. The van der Waals surface area contributed by atoms with Crippen LogP contribution in [0.5, 0.6) is 0 Å². The molecule has 22 heavy (non-hydrogen) atoms. The Balaban J connectivity index is 1.61. The summed E-state index contributed by atoms with van der Waals surface area (Å²) in [5, 5.41) is 4.10. The molecule has 4 nitrogen and oxygen atoms in total. The molecule has 0 saturated heterocycles. The molecule has 1 amide bonds. The van der Waals surface area contributed by atoms with Crippen LogP contribution in [0, 0.1) is 0 Å². The number of thiophene rings is 1. The SMILES string of the molecule is O=C(COC(=O)c1sc2ccccc2c1Cl)NC1CCCC1. The molecule has 116 valence electrons. The van der Waals surface area contributed by atoms with Gasteiger partial charge in [0.25, 0.3) is 5.91 Å². The van der Waals surface area contributed by atoms with Gasteiger partial charge in [-0.05, 0) is 18.9 Å². The van der Waals surface area contributed by atoms with Crippen LogP contribution in [0.2, 0.25) is 5.02 Å². The zero-order chi connectivity index (χ0) is 15.5. The van der Waals surface area contributed by atoms with Gasteiger partial charge >= 0.3 is 5.97 Å². The summed E-state index contributed by atoms with van der Waals surface area (Å²) < 4.78 is 6.01. The normalized spacial score (nSPS) is 15.1. The van der Waals surface area contributed by atoms with Crippen LogP contribution in [0.15, 0.2) is 24.3 Å². The Morgan fingerprint density at radius 2 is 2.00 bits per heavy atom. The van der Waals surface area contributed by atoms with Crippen LogP contribution in [0.4, 0.5) is 0 Å². The highest BCUT2D eigenvalue weighted by Gasteiger charge is 2.21. The van der Waals surface area contributed by atoms with E-state index in [0.717, 1.165) is 35.8 Å². The van der Waals surface area contributed by atoms with E-state index < -0.39 is 5.97 Å². The average Bonchev–Trinajstić information content (AvgIpc) is 3.13. The van der Waals surface area contributed by atoms with Crippen molar-refractivity contribution in [1.82, 2.24) is 5.32 Å². The molecule has 1 aromatic heterocycles. The van der Waals surface area contributed by atoms with Crippen molar-refractivity contribution in [3.05, 3.63) is 34.2 Å². The van der Waals surface area contributed by atoms with Crippen molar-refractivity contribution in [2.75, 3.05) is 6.61 Å². The highest BCUT2D eigenvalue weighted by Crippen LogP contribution is 2.35. The van der Waals surface area contributed by atoms with Crippen LogP contribution in [0.1, 0.15) is 35.4 Å². The summed E-state index contributed by atoms with van der Waals surface area (Å²) in [6.07, 6.45) is 4.29. The summed E-state index contributed by atoms with van der Waals surface area (Å²) in [6.45, 7) is -0.264. The standard InChI is InChI=1S/C16H16ClNO3S/c17-14-11-7-3-4-8-12(11)22-15(14)16(20)21-9-13(19)18-10-5-1-2-6-10/h3-4,7-8,10H,1-2,5-6,9H2,(H,18,19). The van der Waals surface area contributed by atoms with Crippen LogP contribution < -0.4 is 5.32 Å². The molecule has 0 aliphatic heterocycles. The summed E-state index contributed by atoms with van der Waals surface area (Å²) in [5.41, 5.74) is 0. The second kappa shape index (κ2) is 6.67. The Hall–Kier alpha value is -1.59. The van der Waals surface area contributed by atoms with Gasteiger partial charge in [-0.25, -0.2) is 4.79 Å². The number of carbonyl (C=O) groups excluding carboxylic acids is 2. The number of hydrogen-bond acceptors (Lipinski definition) is 4. The van der Waals surface area contributed by atoms with E-state index in [0.29, 0.717) is 9.90 Å². The van der Waals surface area contributed by atoms with Gasteiger partial charge in [-0.2, -0.15) is 0 Å². The van der Waals surface area contributed by atoms with Crippen LogP contribution in [-0.2, 0) is 9.53 Å². The van der Waals surface area contributed by atoms with E-state index in [1.165, 1.54) is 11.3 Å². The average molecular weight is 338 g/mol. The molecule has 3 rings (SSSR count). The van der Waals surface area contributed by atoms with Gasteiger partial charge in [-0.15, -0.1) is 11.3 Å². The largest absolute Gasteiger partial charge is 0.451 e. The van der Waals surface area contributed by atoms with Gasteiger partial charge in [0.15, 0.2) is 6.61 Å². The summed E-state index contributed by atoms with van der Waals surface area (Å²) >= 11 is 7.49. The fraction of sp³-hybridized carbons (Fsp3) is 0.375. The number of benzene rings is 1. The molecule has 0 atom stereocenters. The number of fused-ring (bicyclic) bond motifs is 1. The van der Waals surface area contributed by atoms with Gasteiger partial charge in [-0.3, -0.25) is 4.79 Å². The lowest BCUT2D eigenvalue weighted by Gasteiger charge is -2.11. The molecule has 0 spiro atoms. The Bertz CT molecular complexity index is 706. The molecule has 1 aliphatic carbocycles. The Morgan fingerprint density at radius 3 is 2.73 bits per heavy atom. The maximum absolute atomic E-state index is 12.1. The minimum absolute atomic E-state index is 0.221. The van der Waals surface area contributed by atoms with Gasteiger partial charge in [-0.1, -0.05) is 42.6 Å². The Kier molecular flexibility index (Phi) is 4.64. The molecule has 0 radical (unpaired) electrons. The van der Waals surface area contributed by atoms with Gasteiger partial charge in [0, 0.05) is 16.1 Å². The lowest BCUT2D eigenvalue weighted by Crippen LogP contribution is -2.35. The molecule has 2 aromatic rings. The van der Waals surface area contributed by atoms with Crippen LogP contribution in [0.25, 0.3) is 10.1 Å². The molecule has 1 saturated carbocycles. The Morgan fingerprint density at radius 1 is 1.27 bits per heavy atom. The van der Waals surface area contributed by atoms with E-state index in [1.54, 1.807) is 0 Å². The topological polar surface area (TPSA) is 55.4 Å². The summed E-state index contributed by atoms with van der Waals surface area (Å²) in [6, 6.07) is 7.73. The molecule has 1 fully saturated rings. The van der Waals surface area contributed by atoms with Crippen molar-refractivity contribution in [3.63, 3.8) is 0 Å². The first-order valence-corrected chi connectivity index (χ1v) is 8.48. The molecule has 1 N–H and O–H groups in total. The monoisotopic (exact) mass is 337 g/mol. The minimum atomic E-state index is -0.548. The predicted molar refractivity (Wildman–Crippen MR) is 87.5 cm³/mol. The number of carbonyl (C=O) groups is 2. The second-order valence-electron chi connectivity index (χ2n) is 5.37. The Labute approximate surface area is 137 Å². The molecule has 6 heteroatoms. The molecule has 1 heterocycles. The third kappa shape index (κ3) is 3.25. The molecular weight excluding hydrogens is 322 g/mol. The maximum Gasteiger partial charge on any atom is 0.350 e. The van der Waals surface area contributed by atoms with Crippen molar-refractivity contribution >= 4 is 44.9 Å². The molecule has 1 aromatic carbocycles. The quantitative estimate of drug-likeness (QED) is 0.864. The van der Waals surface area contributed by atoms with Crippen molar-refractivity contribution in [2.24, 2.45) is 0 Å². The van der Waals surface area contributed by atoms with E-state index in [4.69, 9.17) is 16.3 Å². The maximum atomic E-state index is 12.1. The van der Waals surface area contributed by atoms with Crippen LogP contribution in [-0.4, -0.2) is 24.5 Å². The summed E-state index contributed by atoms with van der Waals surface area (Å²) in [7, 11) is 0. The van der Waals surface area contributed by atoms with E-state index in [-0.39, 0.29) is 18.6 Å². The summed E-state index contributed by atoms with van der Waals surface area (Å²) in [4.78, 5) is 24.2. The van der Waals surface area contributed by atoms with Crippen molar-refractivity contribution in [2.45, 2.75) is 31.7 Å². The molecule has 1 aliphatic rings. The number of hydrogen-bond donors (Lipinski definition) is 1. The van der Waals surface area contributed by atoms with E-state index in [9.17, 15) is 9.59 Å². The highest BCUT2D eigenvalue weighted by atomic mass is 35.5. The van der Waals surface area contributed by atoms with Gasteiger partial charge in [0.1, 0.15) is 4.88 Å². The first-order valence-electron chi connectivity index (χ1n) is 7.28. The van der Waals surface area contributed by atoms with Crippen LogP contribution in [0.3, 0.4) is 0 Å². The lowest BCUT2D eigenvalue weighted by atomic mass is 10.2. The smallest absolute Gasteiger partial charge is 0.350 e. The number of ether oxygens (including phenoxy) is 1. The fourth-order valence-electron chi connectivity index (χ4n) is 2.68. The van der Waals surface area contributed by atoms with Crippen molar-refractivity contribution in [3.8, 4) is 0 Å². The van der Waals surface area contributed by atoms with Gasteiger partial charge < -0.3 is 10.1 Å². The fourth-order valence-corrected chi connectivity index (χ4v) is 4.08. The third-order valence-corrected chi connectivity index (χ3v) is 5.43. The van der Waals surface area contributed by atoms with Crippen molar-refractivity contribution in [1.29, 1.82) is 0 Å². The minimum Gasteiger partial charge on any atom is -0.451 e. The van der Waals surface area contributed by atoms with E-state index in [2.05, 4.69) is 5.32 Å². The number of esters is 1. The van der Waals surface area contributed by atoms with E-state index >= 15 is 0 Å². The number of halogens is 1. The number of nitrogens with one attached hydrogen (secondary N) is 1. The second-order valence-corrected chi connectivity index (χ2v) is 6.80. The molecule has 0 bridgehead atoms. The van der Waals surface area contributed by atoms with Gasteiger partial charge in [0.05, 0.1) is 5.02 Å².